The van der Waals surface area contributed by atoms with Crippen LogP contribution in [0.4, 0.5) is 11.4 Å². The lowest BCUT2D eigenvalue weighted by molar-refractivity contribution is -0.136. The van der Waals surface area contributed by atoms with Crippen LogP contribution in [0.15, 0.2) is 36.4 Å². The van der Waals surface area contributed by atoms with Gasteiger partial charge in [0, 0.05) is 5.69 Å². The fourth-order valence-electron chi connectivity index (χ4n) is 3.41. The molecule has 0 bridgehead atoms. The topological polar surface area (TPSA) is 84.2 Å². The average molecular weight is 386 g/mol. The maximum absolute atomic E-state index is 12.3. The molecule has 27 heavy (non-hydrogen) atoms. The van der Waals surface area contributed by atoms with Gasteiger partial charge in [-0.1, -0.05) is 36.7 Å². The third kappa shape index (κ3) is 4.61. The standard InChI is InChI=1S/C21H24ClN3O2/c1-2-19(15-8-7-13-5-3-4-6-14(13)11-15)25-21(27)20(26)24-16-9-10-18(23)17(22)12-16/h7-12,19H,2-6,23H2,1H3,(H,24,26)(H,25,27). The highest BCUT2D eigenvalue weighted by atomic mass is 35.5. The van der Waals surface area contributed by atoms with Gasteiger partial charge in [0.25, 0.3) is 0 Å². The van der Waals surface area contributed by atoms with Gasteiger partial charge in [-0.15, -0.1) is 0 Å². The number of nitrogens with one attached hydrogen (secondary N) is 2. The lowest BCUT2D eigenvalue weighted by Crippen LogP contribution is -2.37. The van der Waals surface area contributed by atoms with E-state index in [2.05, 4.69) is 28.8 Å². The van der Waals surface area contributed by atoms with Crippen LogP contribution in [0.3, 0.4) is 0 Å². The fraction of sp³-hybridized carbons (Fsp3) is 0.333. The van der Waals surface area contributed by atoms with Crippen LogP contribution in [0.5, 0.6) is 0 Å². The van der Waals surface area contributed by atoms with E-state index in [1.807, 2.05) is 6.92 Å². The number of amides is 2. The number of carbonyl (C=O) groups is 2. The zero-order chi connectivity index (χ0) is 19.4. The van der Waals surface area contributed by atoms with Gasteiger partial charge in [0.05, 0.1) is 16.8 Å². The van der Waals surface area contributed by atoms with Gasteiger partial charge in [-0.05, 0) is 67.0 Å². The molecule has 5 nitrogen and oxygen atoms in total. The van der Waals surface area contributed by atoms with Gasteiger partial charge in [0.1, 0.15) is 0 Å². The van der Waals surface area contributed by atoms with Gasteiger partial charge in [0.2, 0.25) is 0 Å². The molecule has 3 rings (SSSR count). The largest absolute Gasteiger partial charge is 0.398 e. The molecule has 0 radical (unpaired) electrons. The number of carbonyl (C=O) groups excluding carboxylic acids is 2. The molecule has 0 aliphatic heterocycles. The van der Waals surface area contributed by atoms with E-state index in [1.54, 1.807) is 12.1 Å². The Kier molecular flexibility index (Phi) is 6.01. The number of fused-ring (bicyclic) bond motifs is 1. The Morgan fingerprint density at radius 2 is 1.81 bits per heavy atom. The van der Waals surface area contributed by atoms with Crippen LogP contribution in [0.1, 0.15) is 48.9 Å². The molecule has 4 N–H and O–H groups in total. The molecule has 1 unspecified atom stereocenters. The summed E-state index contributed by atoms with van der Waals surface area (Å²) in [5.74, 6) is -1.40. The van der Waals surface area contributed by atoms with E-state index in [9.17, 15) is 9.59 Å². The van der Waals surface area contributed by atoms with E-state index < -0.39 is 11.8 Å². The molecule has 0 spiro atoms. The normalized spacial score (nSPS) is 14.1. The van der Waals surface area contributed by atoms with Gasteiger partial charge in [-0.2, -0.15) is 0 Å². The number of halogens is 1. The molecule has 2 aromatic carbocycles. The molecule has 0 heterocycles. The van der Waals surface area contributed by atoms with E-state index in [1.165, 1.54) is 30.0 Å². The van der Waals surface area contributed by atoms with E-state index in [-0.39, 0.29) is 6.04 Å². The molecule has 1 atom stereocenters. The number of hydrogen-bond donors (Lipinski definition) is 3. The Bertz CT molecular complexity index is 867. The van der Waals surface area contributed by atoms with E-state index in [0.717, 1.165) is 18.4 Å². The van der Waals surface area contributed by atoms with E-state index in [0.29, 0.717) is 22.8 Å². The first-order chi connectivity index (χ1) is 13.0. The van der Waals surface area contributed by atoms with Crippen molar-refractivity contribution in [2.75, 3.05) is 11.1 Å². The molecule has 0 aromatic heterocycles. The molecule has 2 aromatic rings. The van der Waals surface area contributed by atoms with Gasteiger partial charge in [0.15, 0.2) is 0 Å². The highest BCUT2D eigenvalue weighted by molar-refractivity contribution is 6.40. The third-order valence-corrected chi connectivity index (χ3v) is 5.28. The molecule has 142 valence electrons. The Morgan fingerprint density at radius 1 is 1.07 bits per heavy atom. The summed E-state index contributed by atoms with van der Waals surface area (Å²) in [5, 5.41) is 5.70. The highest BCUT2D eigenvalue weighted by Gasteiger charge is 2.20. The van der Waals surface area contributed by atoms with E-state index in [4.69, 9.17) is 17.3 Å². The SMILES string of the molecule is CCC(NC(=O)C(=O)Nc1ccc(N)c(Cl)c1)c1ccc2c(c1)CCCC2. The summed E-state index contributed by atoms with van der Waals surface area (Å²) < 4.78 is 0. The van der Waals surface area contributed by atoms with Crippen LogP contribution in [-0.4, -0.2) is 11.8 Å². The monoisotopic (exact) mass is 385 g/mol. The Morgan fingerprint density at radius 3 is 2.52 bits per heavy atom. The van der Waals surface area contributed by atoms with Crippen molar-refractivity contribution in [2.45, 2.75) is 45.1 Å². The van der Waals surface area contributed by atoms with Crippen molar-refractivity contribution in [3.8, 4) is 0 Å². The lowest BCUT2D eigenvalue weighted by Gasteiger charge is -2.21. The van der Waals surface area contributed by atoms with E-state index >= 15 is 0 Å². The minimum atomic E-state index is -0.729. The second-order valence-corrected chi connectivity index (χ2v) is 7.27. The van der Waals surface area contributed by atoms with Gasteiger partial charge >= 0.3 is 11.8 Å². The molecular weight excluding hydrogens is 362 g/mol. The zero-order valence-electron chi connectivity index (χ0n) is 15.3. The predicted octanol–water partition coefficient (Wildman–Crippen LogP) is 4.01. The highest BCUT2D eigenvalue weighted by Crippen LogP contribution is 2.26. The quantitative estimate of drug-likeness (QED) is 0.549. The van der Waals surface area contributed by atoms with Crippen LogP contribution < -0.4 is 16.4 Å². The summed E-state index contributed by atoms with van der Waals surface area (Å²) in [5.41, 5.74) is 10.3. The lowest BCUT2D eigenvalue weighted by atomic mass is 9.89. The second kappa shape index (κ2) is 8.44. The number of hydrogen-bond acceptors (Lipinski definition) is 3. The predicted molar refractivity (Wildman–Crippen MR) is 109 cm³/mol. The first-order valence-electron chi connectivity index (χ1n) is 9.26. The molecule has 0 saturated heterocycles. The minimum Gasteiger partial charge on any atom is -0.398 e. The number of benzene rings is 2. The van der Waals surface area contributed by atoms with Crippen molar-refractivity contribution < 1.29 is 9.59 Å². The van der Waals surface area contributed by atoms with Gasteiger partial charge in [-0.3, -0.25) is 9.59 Å². The van der Waals surface area contributed by atoms with Gasteiger partial charge < -0.3 is 16.4 Å². The first-order valence-corrected chi connectivity index (χ1v) is 9.64. The molecule has 1 aliphatic rings. The fourth-order valence-corrected chi connectivity index (χ4v) is 3.59. The van der Waals surface area contributed by atoms with Crippen molar-refractivity contribution in [1.82, 2.24) is 5.32 Å². The molecule has 2 amide bonds. The van der Waals surface area contributed by atoms with Crippen molar-refractivity contribution in [1.29, 1.82) is 0 Å². The molecule has 1 aliphatic carbocycles. The van der Waals surface area contributed by atoms with Crippen LogP contribution in [0, 0.1) is 0 Å². The molecule has 6 heteroatoms. The maximum Gasteiger partial charge on any atom is 0.313 e. The first kappa shape index (κ1) is 19.2. The van der Waals surface area contributed by atoms with Crippen LogP contribution in [0.2, 0.25) is 5.02 Å². The van der Waals surface area contributed by atoms with Gasteiger partial charge in [-0.25, -0.2) is 0 Å². The average Bonchev–Trinajstić information content (AvgIpc) is 2.68. The Hall–Kier alpha value is -2.53. The Labute approximate surface area is 164 Å². The van der Waals surface area contributed by atoms with Crippen LogP contribution >= 0.6 is 11.6 Å². The summed E-state index contributed by atoms with van der Waals surface area (Å²) in [7, 11) is 0. The van der Waals surface area contributed by atoms with Crippen molar-refractivity contribution in [3.63, 3.8) is 0 Å². The van der Waals surface area contributed by atoms with Crippen LogP contribution in [0.25, 0.3) is 0 Å². The van der Waals surface area contributed by atoms with Crippen molar-refractivity contribution in [2.24, 2.45) is 0 Å². The number of nitrogen functional groups attached to an aromatic ring is 1. The third-order valence-electron chi connectivity index (χ3n) is 4.95. The summed E-state index contributed by atoms with van der Waals surface area (Å²) in [6.45, 7) is 1.99. The number of nitrogens with two attached hydrogens (primary N) is 1. The number of aryl methyl sites for hydroxylation is 2. The number of anilines is 2. The summed E-state index contributed by atoms with van der Waals surface area (Å²) in [4.78, 5) is 24.6. The van der Waals surface area contributed by atoms with Crippen molar-refractivity contribution >= 4 is 34.8 Å². The summed E-state index contributed by atoms with van der Waals surface area (Å²) >= 11 is 5.94. The maximum atomic E-state index is 12.3. The molecular formula is C21H24ClN3O2. The molecule has 0 fully saturated rings. The Balaban J connectivity index is 1.67. The van der Waals surface area contributed by atoms with Crippen molar-refractivity contribution in [3.05, 3.63) is 58.1 Å². The number of rotatable bonds is 4. The summed E-state index contributed by atoms with van der Waals surface area (Å²) in [6.07, 6.45) is 5.32. The second-order valence-electron chi connectivity index (χ2n) is 6.86. The smallest absolute Gasteiger partial charge is 0.313 e. The zero-order valence-corrected chi connectivity index (χ0v) is 16.1. The minimum absolute atomic E-state index is 0.203. The van der Waals surface area contributed by atoms with Crippen LogP contribution in [-0.2, 0) is 22.4 Å². The molecule has 0 saturated carbocycles. The summed E-state index contributed by atoms with van der Waals surface area (Å²) in [6, 6.07) is 10.9.